The van der Waals surface area contributed by atoms with Crippen LogP contribution in [0.15, 0.2) is 49.1 Å². The van der Waals surface area contributed by atoms with E-state index in [2.05, 4.69) is 30.9 Å². The summed E-state index contributed by atoms with van der Waals surface area (Å²) in [7, 11) is 0. The minimum Gasteiger partial charge on any atom is -0.444 e. The molecule has 3 heterocycles. The summed E-state index contributed by atoms with van der Waals surface area (Å²) in [5.41, 5.74) is 0.597. The van der Waals surface area contributed by atoms with Crippen molar-refractivity contribution >= 4 is 45.2 Å². The third-order valence-electron chi connectivity index (χ3n) is 5.52. The number of thiazole rings is 1. The van der Waals surface area contributed by atoms with Crippen LogP contribution in [-0.4, -0.2) is 43.7 Å². The number of aromatic nitrogens is 4. The van der Waals surface area contributed by atoms with E-state index in [1.54, 1.807) is 50.9 Å². The lowest BCUT2D eigenvalue weighted by Crippen LogP contribution is -2.34. The molecule has 10 nitrogen and oxygen atoms in total. The summed E-state index contributed by atoms with van der Waals surface area (Å²) in [5.74, 6) is -0.403. The summed E-state index contributed by atoms with van der Waals surface area (Å²) in [6, 6.07) is 5.86. The Morgan fingerprint density at radius 1 is 1.07 bits per heavy atom. The molecule has 0 radical (unpaired) electrons. The summed E-state index contributed by atoms with van der Waals surface area (Å²) in [6.45, 7) is 7.85. The molecule has 0 bridgehead atoms. The van der Waals surface area contributed by atoms with Gasteiger partial charge >= 0.3 is 12.3 Å². The molecule has 0 saturated carbocycles. The summed E-state index contributed by atoms with van der Waals surface area (Å²) >= 11 is 1.27. The zero-order chi connectivity index (χ0) is 29.1. The zero-order valence-corrected chi connectivity index (χ0v) is 23.0. The Labute approximate surface area is 232 Å². The first kappa shape index (κ1) is 28.8. The third kappa shape index (κ3) is 7.46. The molecular formula is C26H28F3N7O3S. The maximum atomic E-state index is 13.0. The topological polar surface area (TPSA) is 123 Å². The van der Waals surface area contributed by atoms with E-state index in [0.717, 1.165) is 17.0 Å². The second-order valence-electron chi connectivity index (χ2n) is 9.89. The smallest absolute Gasteiger partial charge is 0.416 e. The number of carbonyl (C=O) groups excluding carboxylic acids is 2. The minimum absolute atomic E-state index is 0.189. The summed E-state index contributed by atoms with van der Waals surface area (Å²) < 4.78 is 45.4. The molecule has 212 valence electrons. The largest absolute Gasteiger partial charge is 0.444 e. The molecule has 14 heteroatoms. The molecule has 0 aliphatic carbocycles. The van der Waals surface area contributed by atoms with Crippen LogP contribution in [0.25, 0.3) is 11.0 Å². The highest BCUT2D eigenvalue weighted by atomic mass is 32.1. The molecule has 0 saturated heterocycles. The number of ether oxygens (including phenoxy) is 1. The van der Waals surface area contributed by atoms with Crippen molar-refractivity contribution in [2.75, 3.05) is 11.9 Å². The van der Waals surface area contributed by atoms with Gasteiger partial charge in [-0.05, 0) is 58.0 Å². The molecule has 0 aliphatic rings. The van der Waals surface area contributed by atoms with E-state index in [-0.39, 0.29) is 5.69 Å². The van der Waals surface area contributed by atoms with Crippen molar-refractivity contribution in [2.24, 2.45) is 0 Å². The number of hydrogen-bond acceptors (Lipinski definition) is 8. The predicted octanol–water partition coefficient (Wildman–Crippen LogP) is 5.67. The average molecular weight is 576 g/mol. The monoisotopic (exact) mass is 575 g/mol. The van der Waals surface area contributed by atoms with Crippen molar-refractivity contribution in [3.8, 4) is 0 Å². The van der Waals surface area contributed by atoms with Crippen LogP contribution in [0.5, 0.6) is 0 Å². The van der Waals surface area contributed by atoms with Gasteiger partial charge in [-0.1, -0.05) is 11.3 Å². The Balaban J connectivity index is 1.36. The Bertz CT molecular complexity index is 1490. The molecule has 0 aliphatic heterocycles. The Kier molecular flexibility index (Phi) is 8.28. The molecule has 1 unspecified atom stereocenters. The van der Waals surface area contributed by atoms with Crippen LogP contribution in [0.2, 0.25) is 0 Å². The lowest BCUT2D eigenvalue weighted by molar-refractivity contribution is -0.137. The first-order valence-electron chi connectivity index (χ1n) is 12.3. The molecular weight excluding hydrogens is 547 g/mol. The van der Waals surface area contributed by atoms with Crippen molar-refractivity contribution < 1.29 is 27.5 Å². The second kappa shape index (κ2) is 11.5. The van der Waals surface area contributed by atoms with Crippen LogP contribution >= 0.6 is 11.3 Å². The van der Waals surface area contributed by atoms with Crippen LogP contribution in [-0.2, 0) is 17.5 Å². The summed E-state index contributed by atoms with van der Waals surface area (Å²) in [4.78, 5) is 38.3. The highest BCUT2D eigenvalue weighted by Gasteiger charge is 2.30. The van der Waals surface area contributed by atoms with Gasteiger partial charge in [-0.15, -0.1) is 0 Å². The van der Waals surface area contributed by atoms with Crippen molar-refractivity contribution in [2.45, 2.75) is 52.1 Å². The third-order valence-corrected chi connectivity index (χ3v) is 6.62. The van der Waals surface area contributed by atoms with Crippen molar-refractivity contribution in [3.05, 3.63) is 65.2 Å². The maximum Gasteiger partial charge on any atom is 0.416 e. The molecule has 4 aromatic rings. The number of nitrogens with one attached hydrogen (secondary N) is 3. The standard InChI is InChI=1S/C26H28F3N7O3S/c1-15(21-13-32-23(40-21)35-17-7-5-16(6-8-17)26(27,28)29)34-22(37)18-11-20-19(12-31-18)33-14-36(20)10-9-30-24(38)39-25(2,3)4/h5-8,11-15H,9-10H2,1-4H3,(H,30,38)(H,32,35)(H,34,37). The van der Waals surface area contributed by atoms with E-state index in [4.69, 9.17) is 4.74 Å². The van der Waals surface area contributed by atoms with Gasteiger partial charge in [0.25, 0.3) is 5.91 Å². The number of carbonyl (C=O) groups is 2. The number of fused-ring (bicyclic) bond motifs is 1. The fraction of sp³-hybridized carbons (Fsp3) is 0.346. The number of benzene rings is 1. The molecule has 40 heavy (non-hydrogen) atoms. The fourth-order valence-corrected chi connectivity index (χ4v) is 4.45. The molecule has 3 N–H and O–H groups in total. The molecule has 0 spiro atoms. The van der Waals surface area contributed by atoms with E-state index in [0.29, 0.717) is 34.9 Å². The van der Waals surface area contributed by atoms with Gasteiger partial charge in [0, 0.05) is 29.9 Å². The number of halogens is 3. The highest BCUT2D eigenvalue weighted by Crippen LogP contribution is 2.31. The molecule has 1 atom stereocenters. The van der Waals surface area contributed by atoms with Gasteiger partial charge in [-0.2, -0.15) is 13.2 Å². The van der Waals surface area contributed by atoms with Crippen molar-refractivity contribution in [1.82, 2.24) is 30.2 Å². The highest BCUT2D eigenvalue weighted by molar-refractivity contribution is 7.15. The number of rotatable bonds is 8. The van der Waals surface area contributed by atoms with Gasteiger partial charge in [-0.3, -0.25) is 4.79 Å². The molecule has 3 aromatic heterocycles. The van der Waals surface area contributed by atoms with E-state index in [1.807, 2.05) is 0 Å². The van der Waals surface area contributed by atoms with Crippen molar-refractivity contribution in [3.63, 3.8) is 0 Å². The fourth-order valence-electron chi connectivity index (χ4n) is 3.61. The summed E-state index contributed by atoms with van der Waals surface area (Å²) in [5, 5.41) is 9.02. The van der Waals surface area contributed by atoms with E-state index in [9.17, 15) is 22.8 Å². The Hall–Kier alpha value is -4.20. The van der Waals surface area contributed by atoms with Gasteiger partial charge in [0.1, 0.15) is 16.8 Å². The molecule has 1 aromatic carbocycles. The van der Waals surface area contributed by atoms with E-state index in [1.165, 1.54) is 29.7 Å². The Morgan fingerprint density at radius 3 is 2.48 bits per heavy atom. The number of nitrogens with zero attached hydrogens (tertiary/aromatic N) is 4. The average Bonchev–Trinajstić information content (AvgIpc) is 3.49. The number of anilines is 2. The molecule has 0 fully saturated rings. The number of imidazole rings is 1. The van der Waals surface area contributed by atoms with Gasteiger partial charge in [-0.25, -0.2) is 19.7 Å². The zero-order valence-electron chi connectivity index (χ0n) is 22.2. The Morgan fingerprint density at radius 2 is 1.80 bits per heavy atom. The minimum atomic E-state index is -4.40. The van der Waals surface area contributed by atoms with Gasteiger partial charge in [0.2, 0.25) is 0 Å². The second-order valence-corrected chi connectivity index (χ2v) is 11.0. The lowest BCUT2D eigenvalue weighted by atomic mass is 10.2. The quantitative estimate of drug-likeness (QED) is 0.248. The van der Waals surface area contributed by atoms with Crippen LogP contribution in [0, 0.1) is 0 Å². The van der Waals surface area contributed by atoms with Crippen LogP contribution in [0.4, 0.5) is 28.8 Å². The number of alkyl carbamates (subject to hydrolysis) is 1. The van der Waals surface area contributed by atoms with E-state index < -0.39 is 35.4 Å². The number of pyridine rings is 1. The molecule has 4 rings (SSSR count). The number of alkyl halides is 3. The maximum absolute atomic E-state index is 13.0. The lowest BCUT2D eigenvalue weighted by Gasteiger charge is -2.19. The van der Waals surface area contributed by atoms with Crippen LogP contribution < -0.4 is 16.0 Å². The van der Waals surface area contributed by atoms with E-state index >= 15 is 0 Å². The van der Waals surface area contributed by atoms with Crippen LogP contribution in [0.1, 0.15) is 54.7 Å². The first-order valence-corrected chi connectivity index (χ1v) is 13.1. The first-order chi connectivity index (χ1) is 18.8. The SMILES string of the molecule is CC(NC(=O)c1cc2c(cn1)ncn2CCNC(=O)OC(C)(C)C)c1cnc(Nc2ccc(C(F)(F)F)cc2)s1. The van der Waals surface area contributed by atoms with Gasteiger partial charge in [0.05, 0.1) is 29.6 Å². The number of hydrogen-bond donors (Lipinski definition) is 3. The summed E-state index contributed by atoms with van der Waals surface area (Å²) in [6.07, 6.45) is -0.223. The van der Waals surface area contributed by atoms with Crippen LogP contribution in [0.3, 0.4) is 0 Å². The van der Waals surface area contributed by atoms with Gasteiger partial charge in [0.15, 0.2) is 5.13 Å². The van der Waals surface area contributed by atoms with Gasteiger partial charge < -0.3 is 25.3 Å². The predicted molar refractivity (Wildman–Crippen MR) is 144 cm³/mol. The normalized spacial score (nSPS) is 12.7. The van der Waals surface area contributed by atoms with Crippen molar-refractivity contribution in [1.29, 1.82) is 0 Å². The molecule has 2 amide bonds. The number of amides is 2.